The first-order valence-electron chi connectivity index (χ1n) is 4.33. The molecule has 2 heteroatoms. The van der Waals surface area contributed by atoms with Gasteiger partial charge in [0.2, 0.25) is 0 Å². The van der Waals surface area contributed by atoms with Crippen molar-refractivity contribution in [3.8, 4) is 12.3 Å². The molecule has 0 saturated heterocycles. The lowest BCUT2D eigenvalue weighted by atomic mass is 10.0. The first-order chi connectivity index (χ1) is 6.38. The summed E-state index contributed by atoms with van der Waals surface area (Å²) in [5.41, 5.74) is 3.94. The summed E-state index contributed by atoms with van der Waals surface area (Å²) in [6.45, 7) is 0. The monoisotopic (exact) mass is 174 g/mol. The van der Waals surface area contributed by atoms with Gasteiger partial charge in [-0.25, -0.2) is 0 Å². The quantitative estimate of drug-likeness (QED) is 0.413. The van der Waals surface area contributed by atoms with E-state index in [1.165, 1.54) is 5.56 Å². The van der Waals surface area contributed by atoms with Crippen molar-refractivity contribution in [1.29, 1.82) is 0 Å². The van der Waals surface area contributed by atoms with E-state index in [0.29, 0.717) is 0 Å². The van der Waals surface area contributed by atoms with Crippen molar-refractivity contribution >= 4 is 0 Å². The summed E-state index contributed by atoms with van der Waals surface area (Å²) in [5.74, 6) is 8.03. The SMILES string of the molecule is C#CCCC(NN)c1ccccc1. The van der Waals surface area contributed by atoms with Crippen LogP contribution in [0, 0.1) is 12.3 Å². The van der Waals surface area contributed by atoms with Crippen molar-refractivity contribution in [2.24, 2.45) is 5.84 Å². The van der Waals surface area contributed by atoms with E-state index in [4.69, 9.17) is 12.3 Å². The van der Waals surface area contributed by atoms with Gasteiger partial charge in [-0.1, -0.05) is 30.3 Å². The Balaban J connectivity index is 2.63. The van der Waals surface area contributed by atoms with Gasteiger partial charge in [-0.2, -0.15) is 0 Å². The Morgan fingerprint density at radius 2 is 2.08 bits per heavy atom. The molecule has 1 unspecified atom stereocenters. The normalized spacial score (nSPS) is 12.0. The second kappa shape index (κ2) is 5.36. The van der Waals surface area contributed by atoms with Gasteiger partial charge in [0.15, 0.2) is 0 Å². The van der Waals surface area contributed by atoms with Crippen LogP contribution in [0.3, 0.4) is 0 Å². The summed E-state index contributed by atoms with van der Waals surface area (Å²) in [7, 11) is 0. The van der Waals surface area contributed by atoms with E-state index in [0.717, 1.165) is 12.8 Å². The van der Waals surface area contributed by atoms with Gasteiger partial charge in [0, 0.05) is 12.5 Å². The number of hydrogen-bond acceptors (Lipinski definition) is 2. The van der Waals surface area contributed by atoms with Gasteiger partial charge in [-0.05, 0) is 12.0 Å². The van der Waals surface area contributed by atoms with Crippen LogP contribution in [-0.4, -0.2) is 0 Å². The third kappa shape index (κ3) is 2.90. The van der Waals surface area contributed by atoms with Crippen molar-refractivity contribution in [3.05, 3.63) is 35.9 Å². The summed E-state index contributed by atoms with van der Waals surface area (Å²) in [4.78, 5) is 0. The van der Waals surface area contributed by atoms with E-state index < -0.39 is 0 Å². The molecule has 0 amide bonds. The summed E-state index contributed by atoms with van der Waals surface area (Å²) in [6, 6.07) is 10.2. The molecule has 13 heavy (non-hydrogen) atoms. The molecule has 0 aliphatic rings. The average molecular weight is 174 g/mol. The Labute approximate surface area is 79.1 Å². The van der Waals surface area contributed by atoms with Crippen LogP contribution in [0.2, 0.25) is 0 Å². The minimum absolute atomic E-state index is 0.164. The van der Waals surface area contributed by atoms with E-state index in [2.05, 4.69) is 11.3 Å². The van der Waals surface area contributed by atoms with Gasteiger partial charge in [0.1, 0.15) is 0 Å². The third-order valence-corrected chi connectivity index (χ3v) is 1.98. The predicted molar refractivity (Wildman–Crippen MR) is 54.6 cm³/mol. The summed E-state index contributed by atoms with van der Waals surface area (Å²) in [6.07, 6.45) is 6.80. The molecular formula is C11H14N2. The fraction of sp³-hybridized carbons (Fsp3) is 0.273. The predicted octanol–water partition coefficient (Wildman–Crippen LogP) is 1.60. The van der Waals surface area contributed by atoms with Crippen LogP contribution in [0.15, 0.2) is 30.3 Å². The van der Waals surface area contributed by atoms with Crippen LogP contribution in [-0.2, 0) is 0 Å². The zero-order valence-corrected chi connectivity index (χ0v) is 7.53. The van der Waals surface area contributed by atoms with Crippen molar-refractivity contribution in [1.82, 2.24) is 5.43 Å². The van der Waals surface area contributed by atoms with E-state index in [9.17, 15) is 0 Å². The van der Waals surface area contributed by atoms with Gasteiger partial charge < -0.3 is 0 Å². The van der Waals surface area contributed by atoms with Crippen LogP contribution in [0.25, 0.3) is 0 Å². The highest BCUT2D eigenvalue weighted by molar-refractivity contribution is 5.18. The lowest BCUT2D eigenvalue weighted by Gasteiger charge is -2.14. The lowest BCUT2D eigenvalue weighted by Crippen LogP contribution is -2.27. The van der Waals surface area contributed by atoms with Crippen LogP contribution >= 0.6 is 0 Å². The number of terminal acetylenes is 1. The highest BCUT2D eigenvalue weighted by Crippen LogP contribution is 2.16. The van der Waals surface area contributed by atoms with Gasteiger partial charge in [0.25, 0.3) is 0 Å². The molecule has 1 aromatic carbocycles. The number of hydrogen-bond donors (Lipinski definition) is 2. The maximum Gasteiger partial charge on any atom is 0.0469 e. The zero-order valence-electron chi connectivity index (χ0n) is 7.53. The lowest BCUT2D eigenvalue weighted by molar-refractivity contribution is 0.524. The van der Waals surface area contributed by atoms with E-state index in [-0.39, 0.29) is 6.04 Å². The van der Waals surface area contributed by atoms with Crippen molar-refractivity contribution < 1.29 is 0 Å². The standard InChI is InChI=1S/C11H14N2/c1-2-3-9-11(13-12)10-7-5-4-6-8-10/h1,4-8,11,13H,3,9,12H2. The fourth-order valence-corrected chi connectivity index (χ4v) is 1.26. The Morgan fingerprint density at radius 3 is 2.62 bits per heavy atom. The van der Waals surface area contributed by atoms with Crippen LogP contribution in [0.1, 0.15) is 24.4 Å². The highest BCUT2D eigenvalue weighted by Gasteiger charge is 2.06. The average Bonchev–Trinajstić information content (AvgIpc) is 2.21. The first kappa shape index (κ1) is 9.79. The maximum absolute atomic E-state index is 5.43. The van der Waals surface area contributed by atoms with Gasteiger partial charge in [-0.3, -0.25) is 11.3 Å². The molecule has 0 aromatic heterocycles. The molecule has 0 spiro atoms. The molecule has 1 aromatic rings. The van der Waals surface area contributed by atoms with Crippen molar-refractivity contribution in [2.45, 2.75) is 18.9 Å². The van der Waals surface area contributed by atoms with E-state index >= 15 is 0 Å². The zero-order chi connectivity index (χ0) is 9.52. The van der Waals surface area contributed by atoms with Gasteiger partial charge in [-0.15, -0.1) is 12.3 Å². The number of benzene rings is 1. The number of hydrazine groups is 1. The van der Waals surface area contributed by atoms with Gasteiger partial charge in [0.05, 0.1) is 0 Å². The molecule has 0 radical (unpaired) electrons. The second-order valence-electron chi connectivity index (χ2n) is 2.87. The Bertz CT molecular complexity index is 274. The molecule has 0 fully saturated rings. The van der Waals surface area contributed by atoms with Crippen molar-refractivity contribution in [3.63, 3.8) is 0 Å². The molecule has 3 N–H and O–H groups in total. The topological polar surface area (TPSA) is 38.0 Å². The Hall–Kier alpha value is -1.30. The van der Waals surface area contributed by atoms with Crippen LogP contribution < -0.4 is 11.3 Å². The molecule has 0 aliphatic carbocycles. The Kier molecular flexibility index (Phi) is 4.04. The van der Waals surface area contributed by atoms with Crippen molar-refractivity contribution in [2.75, 3.05) is 0 Å². The van der Waals surface area contributed by atoms with E-state index in [1.807, 2.05) is 30.3 Å². The molecule has 0 heterocycles. The summed E-state index contributed by atoms with van der Waals surface area (Å²) < 4.78 is 0. The minimum atomic E-state index is 0.164. The summed E-state index contributed by atoms with van der Waals surface area (Å²) in [5, 5.41) is 0. The smallest absolute Gasteiger partial charge is 0.0469 e. The molecular weight excluding hydrogens is 160 g/mol. The minimum Gasteiger partial charge on any atom is -0.271 e. The van der Waals surface area contributed by atoms with Gasteiger partial charge >= 0.3 is 0 Å². The molecule has 0 aliphatic heterocycles. The fourth-order valence-electron chi connectivity index (χ4n) is 1.26. The van der Waals surface area contributed by atoms with Crippen LogP contribution in [0.4, 0.5) is 0 Å². The number of nitrogens with two attached hydrogens (primary N) is 1. The van der Waals surface area contributed by atoms with Crippen LogP contribution in [0.5, 0.6) is 0 Å². The molecule has 2 nitrogen and oxygen atoms in total. The molecule has 68 valence electrons. The molecule has 0 saturated carbocycles. The third-order valence-electron chi connectivity index (χ3n) is 1.98. The first-order valence-corrected chi connectivity index (χ1v) is 4.33. The molecule has 0 bridgehead atoms. The maximum atomic E-state index is 5.43. The largest absolute Gasteiger partial charge is 0.271 e. The Morgan fingerprint density at radius 1 is 1.38 bits per heavy atom. The second-order valence-corrected chi connectivity index (χ2v) is 2.87. The summed E-state index contributed by atoms with van der Waals surface area (Å²) >= 11 is 0. The molecule has 1 rings (SSSR count). The molecule has 1 atom stereocenters. The number of nitrogens with one attached hydrogen (secondary N) is 1. The number of rotatable bonds is 4. The highest BCUT2D eigenvalue weighted by atomic mass is 15.2. The van der Waals surface area contributed by atoms with E-state index in [1.54, 1.807) is 0 Å².